The number of anilines is 1. The van der Waals surface area contributed by atoms with Crippen LogP contribution < -0.4 is 10.9 Å². The van der Waals surface area contributed by atoms with Crippen molar-refractivity contribution in [3.05, 3.63) is 63.3 Å². The third kappa shape index (κ3) is 5.14. The number of nitrogens with zero attached hydrogens (tertiary/aromatic N) is 4. The number of hydrogen-bond acceptors (Lipinski definition) is 6. The summed E-state index contributed by atoms with van der Waals surface area (Å²) in [5.41, 5.74) is -1.03. The smallest absolute Gasteiger partial charge is 0.372 e. The highest BCUT2D eigenvalue weighted by Gasteiger charge is 2.34. The maximum atomic E-state index is 13.8. The van der Waals surface area contributed by atoms with Crippen LogP contribution in [0, 0.1) is 6.92 Å². The molecule has 0 radical (unpaired) electrons. The van der Waals surface area contributed by atoms with Crippen LogP contribution in [0.15, 0.2) is 35.3 Å². The summed E-state index contributed by atoms with van der Waals surface area (Å²) >= 11 is 0. The third-order valence-electron chi connectivity index (χ3n) is 6.01. The molecule has 8 nitrogen and oxygen atoms in total. The fraction of sp³-hybridized carbons (Fsp3) is 0.417. The first-order chi connectivity index (χ1) is 16.4. The Kier molecular flexibility index (Phi) is 6.54. The summed E-state index contributed by atoms with van der Waals surface area (Å²) in [5, 5.41) is 2.96. The van der Waals surface area contributed by atoms with E-state index in [1.807, 2.05) is 13.8 Å². The number of amides is 1. The van der Waals surface area contributed by atoms with Gasteiger partial charge in [-0.05, 0) is 50.6 Å². The third-order valence-corrected chi connectivity index (χ3v) is 6.01. The van der Waals surface area contributed by atoms with E-state index in [1.165, 1.54) is 23.9 Å². The average Bonchev–Trinajstić information content (AvgIpc) is 2.79. The van der Waals surface area contributed by atoms with Crippen LogP contribution in [0.4, 0.5) is 19.0 Å². The molecule has 2 unspecified atom stereocenters. The van der Waals surface area contributed by atoms with Gasteiger partial charge < -0.3 is 15.0 Å². The van der Waals surface area contributed by atoms with Gasteiger partial charge in [0.2, 0.25) is 0 Å². The van der Waals surface area contributed by atoms with Gasteiger partial charge in [0.15, 0.2) is 0 Å². The van der Waals surface area contributed by atoms with E-state index in [4.69, 9.17) is 4.74 Å². The van der Waals surface area contributed by atoms with E-state index in [2.05, 4.69) is 15.3 Å². The number of aryl methyl sites for hydroxylation is 1. The van der Waals surface area contributed by atoms with E-state index in [-0.39, 0.29) is 41.1 Å². The Bertz CT molecular complexity index is 1310. The molecule has 11 heteroatoms. The highest BCUT2D eigenvalue weighted by Crippen LogP contribution is 2.34. The molecule has 2 atom stereocenters. The number of pyridine rings is 1. The second kappa shape index (κ2) is 9.29. The molecule has 3 aromatic rings. The first kappa shape index (κ1) is 24.6. The molecule has 1 amide bonds. The Labute approximate surface area is 199 Å². The van der Waals surface area contributed by atoms with Crippen LogP contribution in [0.2, 0.25) is 0 Å². The minimum Gasteiger partial charge on any atom is -0.372 e. The van der Waals surface area contributed by atoms with Crippen LogP contribution >= 0.6 is 0 Å². The zero-order chi connectivity index (χ0) is 25.5. The molecular weight excluding hydrogens is 463 g/mol. The van der Waals surface area contributed by atoms with Gasteiger partial charge in [0.05, 0.1) is 34.2 Å². The lowest BCUT2D eigenvalue weighted by Crippen LogP contribution is -2.48. The van der Waals surface area contributed by atoms with Crippen LogP contribution in [-0.2, 0) is 24.5 Å². The summed E-state index contributed by atoms with van der Waals surface area (Å²) in [6.07, 6.45) is -3.38. The van der Waals surface area contributed by atoms with E-state index in [1.54, 1.807) is 24.0 Å². The molecule has 1 saturated heterocycles. The highest BCUT2D eigenvalue weighted by molar-refractivity contribution is 5.94. The number of nitrogens with one attached hydrogen (secondary N) is 1. The Balaban J connectivity index is 1.56. The average molecular weight is 489 g/mol. The highest BCUT2D eigenvalue weighted by atomic mass is 19.4. The van der Waals surface area contributed by atoms with Gasteiger partial charge in [-0.1, -0.05) is 0 Å². The van der Waals surface area contributed by atoms with E-state index in [0.29, 0.717) is 30.3 Å². The van der Waals surface area contributed by atoms with Gasteiger partial charge in [-0.15, -0.1) is 0 Å². The largest absolute Gasteiger partial charge is 0.416 e. The number of carbonyl (C=O) groups is 1. The molecule has 4 rings (SSSR count). The Hall–Kier alpha value is -3.47. The van der Waals surface area contributed by atoms with Crippen LogP contribution in [0.5, 0.6) is 0 Å². The maximum Gasteiger partial charge on any atom is 0.416 e. The van der Waals surface area contributed by atoms with E-state index >= 15 is 0 Å². The van der Waals surface area contributed by atoms with Crippen molar-refractivity contribution in [3.8, 4) is 0 Å². The number of morpholine rings is 1. The van der Waals surface area contributed by atoms with E-state index in [0.717, 1.165) is 6.07 Å². The fourth-order valence-electron chi connectivity index (χ4n) is 4.22. The molecule has 35 heavy (non-hydrogen) atoms. The molecule has 0 spiro atoms. The number of benzene rings is 1. The summed E-state index contributed by atoms with van der Waals surface area (Å²) < 4.78 is 48.2. The number of halogens is 3. The molecule has 0 saturated carbocycles. The van der Waals surface area contributed by atoms with Crippen LogP contribution in [0.25, 0.3) is 10.9 Å². The van der Waals surface area contributed by atoms with Crippen molar-refractivity contribution in [1.82, 2.24) is 19.4 Å². The van der Waals surface area contributed by atoms with E-state index < -0.39 is 17.3 Å². The Morgan fingerprint density at radius 3 is 2.49 bits per heavy atom. The minimum atomic E-state index is -4.63. The molecule has 0 aliphatic carbocycles. The van der Waals surface area contributed by atoms with Gasteiger partial charge in [0.1, 0.15) is 11.6 Å². The SMILES string of the molecule is Cc1nc2cc(C(F)(F)F)c(CNc3ccc(C(=O)N4CC(C)OC(C)C4)cn3)cc2c(=O)n1C. The van der Waals surface area contributed by atoms with Crippen molar-refractivity contribution in [1.29, 1.82) is 0 Å². The zero-order valence-electron chi connectivity index (χ0n) is 19.8. The van der Waals surface area contributed by atoms with Crippen LogP contribution in [0.3, 0.4) is 0 Å². The molecule has 1 aromatic carbocycles. The lowest BCUT2D eigenvalue weighted by atomic mass is 10.0. The number of fused-ring (bicyclic) bond motifs is 1. The summed E-state index contributed by atoms with van der Waals surface area (Å²) in [6, 6.07) is 5.24. The number of carbonyl (C=O) groups excluding carboxylic acids is 1. The second-order valence-electron chi connectivity index (χ2n) is 8.80. The molecule has 0 bridgehead atoms. The number of aromatic nitrogens is 3. The maximum absolute atomic E-state index is 13.8. The molecule has 3 heterocycles. The number of rotatable bonds is 4. The molecule has 1 aliphatic heterocycles. The number of alkyl halides is 3. The van der Waals surface area contributed by atoms with Gasteiger partial charge in [-0.3, -0.25) is 14.2 Å². The van der Waals surface area contributed by atoms with Crippen molar-refractivity contribution >= 4 is 22.6 Å². The molecule has 2 aromatic heterocycles. The summed E-state index contributed by atoms with van der Waals surface area (Å²) in [4.78, 5) is 35.4. The molecule has 1 N–H and O–H groups in total. The van der Waals surface area contributed by atoms with Crippen molar-refractivity contribution in [2.45, 2.75) is 45.7 Å². The summed E-state index contributed by atoms with van der Waals surface area (Å²) in [7, 11) is 1.52. The molecule has 1 fully saturated rings. The van der Waals surface area contributed by atoms with Crippen LogP contribution in [0.1, 0.15) is 41.2 Å². The van der Waals surface area contributed by atoms with Crippen molar-refractivity contribution in [2.24, 2.45) is 7.05 Å². The Morgan fingerprint density at radius 2 is 1.89 bits per heavy atom. The van der Waals surface area contributed by atoms with Gasteiger partial charge in [-0.25, -0.2) is 9.97 Å². The predicted octanol–water partition coefficient (Wildman–Crippen LogP) is 3.52. The van der Waals surface area contributed by atoms with Gasteiger partial charge in [0.25, 0.3) is 11.5 Å². The normalized spacial score (nSPS) is 18.7. The monoisotopic (exact) mass is 489 g/mol. The number of hydrogen-bond donors (Lipinski definition) is 1. The molecule has 1 aliphatic rings. The lowest BCUT2D eigenvalue weighted by molar-refractivity contribution is -0.138. The molecular formula is C24H26F3N5O3. The fourth-order valence-corrected chi connectivity index (χ4v) is 4.22. The molecule has 186 valence electrons. The zero-order valence-corrected chi connectivity index (χ0v) is 19.8. The standard InChI is InChI=1S/C24H26F3N5O3/c1-13-11-32(12-14(2)35-13)22(33)16-5-6-21(28-9-16)29-10-17-7-18-20(8-19(17)24(25,26)27)30-15(3)31(4)23(18)34/h5-9,13-14H,10-12H2,1-4H3,(H,28,29). The quantitative estimate of drug-likeness (QED) is 0.603. The van der Waals surface area contributed by atoms with Gasteiger partial charge >= 0.3 is 6.18 Å². The van der Waals surface area contributed by atoms with E-state index in [9.17, 15) is 22.8 Å². The van der Waals surface area contributed by atoms with Crippen molar-refractivity contribution < 1.29 is 22.7 Å². The summed E-state index contributed by atoms with van der Waals surface area (Å²) in [5.74, 6) is 0.438. The lowest BCUT2D eigenvalue weighted by Gasteiger charge is -2.35. The number of ether oxygens (including phenoxy) is 1. The van der Waals surface area contributed by atoms with Gasteiger partial charge in [0, 0.05) is 32.9 Å². The minimum absolute atomic E-state index is 0.00517. The first-order valence-electron chi connectivity index (χ1n) is 11.2. The second-order valence-corrected chi connectivity index (χ2v) is 8.80. The van der Waals surface area contributed by atoms with Crippen molar-refractivity contribution in [2.75, 3.05) is 18.4 Å². The predicted molar refractivity (Wildman–Crippen MR) is 124 cm³/mol. The van der Waals surface area contributed by atoms with Crippen molar-refractivity contribution in [3.63, 3.8) is 0 Å². The Morgan fingerprint density at radius 1 is 1.20 bits per heavy atom. The first-order valence-corrected chi connectivity index (χ1v) is 11.2. The van der Waals surface area contributed by atoms with Crippen LogP contribution in [-0.4, -0.2) is 50.6 Å². The van der Waals surface area contributed by atoms with Gasteiger partial charge in [-0.2, -0.15) is 13.2 Å². The summed E-state index contributed by atoms with van der Waals surface area (Å²) in [6.45, 7) is 6.08. The topological polar surface area (TPSA) is 89.4 Å².